The average molecular weight is 459 g/mol. The molecule has 7 nitrogen and oxygen atoms in total. The van der Waals surface area contributed by atoms with Gasteiger partial charge in [-0.15, -0.1) is 10.2 Å². The van der Waals surface area contributed by atoms with Gasteiger partial charge in [0.2, 0.25) is 5.95 Å². The van der Waals surface area contributed by atoms with Gasteiger partial charge in [-0.05, 0) is 42.3 Å². The number of hydrogen-bond donors (Lipinski definition) is 1. The van der Waals surface area contributed by atoms with Crippen molar-refractivity contribution in [1.82, 2.24) is 14.8 Å². The third kappa shape index (κ3) is 5.80. The van der Waals surface area contributed by atoms with Crippen LogP contribution in [0, 0.1) is 0 Å². The fourth-order valence-corrected chi connectivity index (χ4v) is 4.10. The predicted molar refractivity (Wildman–Crippen MR) is 124 cm³/mol. The molecule has 0 fully saturated rings. The SMILES string of the molecule is CCn1c(NC(=O)/C=C/c2ccc(OC)c(OC)c2)nnc1SCc1ccccc1Cl. The fourth-order valence-electron chi connectivity index (χ4n) is 2.81. The molecule has 0 aliphatic carbocycles. The molecule has 9 heteroatoms. The topological polar surface area (TPSA) is 78.3 Å². The minimum Gasteiger partial charge on any atom is -0.493 e. The second-order valence-corrected chi connectivity index (χ2v) is 7.72. The number of carbonyl (C=O) groups is 1. The Hall–Kier alpha value is -2.97. The standard InChI is InChI=1S/C22H23ClN4O3S/c1-4-27-21(25-26-22(27)31-14-16-7-5-6-8-17(16)23)24-20(28)12-10-15-9-11-18(29-2)19(13-15)30-3/h5-13H,4,14H2,1-3H3,(H,24,25,28)/b12-10+. The van der Waals surface area contributed by atoms with Crippen LogP contribution >= 0.6 is 23.4 Å². The lowest BCUT2D eigenvalue weighted by atomic mass is 10.2. The number of benzene rings is 2. The zero-order chi connectivity index (χ0) is 22.2. The van der Waals surface area contributed by atoms with E-state index in [0.717, 1.165) is 11.1 Å². The maximum atomic E-state index is 12.4. The van der Waals surface area contributed by atoms with E-state index < -0.39 is 0 Å². The van der Waals surface area contributed by atoms with Gasteiger partial charge in [0, 0.05) is 23.4 Å². The number of nitrogens with one attached hydrogen (secondary N) is 1. The molecule has 0 aliphatic rings. The summed E-state index contributed by atoms with van der Waals surface area (Å²) < 4.78 is 12.4. The largest absolute Gasteiger partial charge is 0.493 e. The normalized spacial score (nSPS) is 11.0. The zero-order valence-electron chi connectivity index (χ0n) is 17.5. The van der Waals surface area contributed by atoms with Crippen LogP contribution in [0.25, 0.3) is 6.08 Å². The molecule has 0 spiro atoms. The average Bonchev–Trinajstić information content (AvgIpc) is 3.18. The fraction of sp³-hybridized carbons (Fsp3) is 0.227. The van der Waals surface area contributed by atoms with Crippen molar-refractivity contribution in [2.75, 3.05) is 19.5 Å². The van der Waals surface area contributed by atoms with Gasteiger partial charge in [-0.2, -0.15) is 0 Å². The lowest BCUT2D eigenvalue weighted by Gasteiger charge is -2.08. The molecule has 31 heavy (non-hydrogen) atoms. The van der Waals surface area contributed by atoms with E-state index in [1.54, 1.807) is 32.4 Å². The summed E-state index contributed by atoms with van der Waals surface area (Å²) in [5.74, 6) is 1.97. The Labute approximate surface area is 190 Å². The highest BCUT2D eigenvalue weighted by Gasteiger charge is 2.13. The highest BCUT2D eigenvalue weighted by atomic mass is 35.5. The highest BCUT2D eigenvalue weighted by Crippen LogP contribution is 2.28. The summed E-state index contributed by atoms with van der Waals surface area (Å²) in [6.07, 6.45) is 3.13. The van der Waals surface area contributed by atoms with E-state index in [4.69, 9.17) is 21.1 Å². The van der Waals surface area contributed by atoms with Crippen molar-refractivity contribution in [2.45, 2.75) is 24.4 Å². The van der Waals surface area contributed by atoms with E-state index in [1.807, 2.05) is 41.8 Å². The minimum atomic E-state index is -0.306. The zero-order valence-corrected chi connectivity index (χ0v) is 19.0. The molecule has 0 atom stereocenters. The number of nitrogens with zero attached hydrogens (tertiary/aromatic N) is 3. The van der Waals surface area contributed by atoms with Gasteiger partial charge in [-0.1, -0.05) is 47.6 Å². The third-order valence-electron chi connectivity index (χ3n) is 4.42. The number of halogens is 1. The van der Waals surface area contributed by atoms with E-state index in [-0.39, 0.29) is 5.91 Å². The molecular weight excluding hydrogens is 436 g/mol. The van der Waals surface area contributed by atoms with Crippen molar-refractivity contribution in [3.05, 3.63) is 64.7 Å². The lowest BCUT2D eigenvalue weighted by molar-refractivity contribution is -0.111. The maximum absolute atomic E-state index is 12.4. The molecule has 0 saturated heterocycles. The van der Waals surface area contributed by atoms with Crippen molar-refractivity contribution in [3.8, 4) is 11.5 Å². The van der Waals surface area contributed by atoms with Crippen molar-refractivity contribution in [2.24, 2.45) is 0 Å². The first-order chi connectivity index (χ1) is 15.0. The van der Waals surface area contributed by atoms with Crippen molar-refractivity contribution in [1.29, 1.82) is 0 Å². The van der Waals surface area contributed by atoms with Crippen LogP contribution in [0.1, 0.15) is 18.1 Å². The first-order valence-corrected chi connectivity index (χ1v) is 10.9. The molecule has 0 bridgehead atoms. The number of methoxy groups -OCH3 is 2. The summed E-state index contributed by atoms with van der Waals surface area (Å²) in [7, 11) is 3.14. The molecule has 1 N–H and O–H groups in total. The number of ether oxygens (including phenoxy) is 2. The molecule has 162 valence electrons. The Morgan fingerprint density at radius 2 is 1.94 bits per heavy atom. The monoisotopic (exact) mass is 458 g/mol. The highest BCUT2D eigenvalue weighted by molar-refractivity contribution is 7.98. The number of rotatable bonds is 9. The van der Waals surface area contributed by atoms with Crippen LogP contribution in [-0.4, -0.2) is 34.9 Å². The number of anilines is 1. The number of carbonyl (C=O) groups excluding carboxylic acids is 1. The smallest absolute Gasteiger partial charge is 0.250 e. The Kier molecular flexibility index (Phi) is 7.97. The van der Waals surface area contributed by atoms with Gasteiger partial charge >= 0.3 is 0 Å². The number of amides is 1. The number of thioether (sulfide) groups is 1. The van der Waals surface area contributed by atoms with Gasteiger partial charge in [-0.25, -0.2) is 0 Å². The molecule has 0 saturated carbocycles. The van der Waals surface area contributed by atoms with Crippen LogP contribution in [0.2, 0.25) is 5.02 Å². The molecule has 0 radical (unpaired) electrons. The van der Waals surface area contributed by atoms with E-state index >= 15 is 0 Å². The van der Waals surface area contributed by atoms with E-state index in [2.05, 4.69) is 15.5 Å². The molecule has 1 aromatic heterocycles. The number of aromatic nitrogens is 3. The van der Waals surface area contributed by atoms with Gasteiger partial charge in [0.25, 0.3) is 5.91 Å². The lowest BCUT2D eigenvalue weighted by Crippen LogP contribution is -2.13. The molecule has 1 heterocycles. The molecular formula is C22H23ClN4O3S. The van der Waals surface area contributed by atoms with E-state index in [9.17, 15) is 4.79 Å². The van der Waals surface area contributed by atoms with E-state index in [1.165, 1.54) is 17.8 Å². The maximum Gasteiger partial charge on any atom is 0.250 e. The molecule has 0 unspecified atom stereocenters. The molecule has 1 amide bonds. The summed E-state index contributed by atoms with van der Waals surface area (Å²) in [5, 5.41) is 12.5. The second-order valence-electron chi connectivity index (χ2n) is 6.37. The Morgan fingerprint density at radius 3 is 2.65 bits per heavy atom. The molecule has 0 aliphatic heterocycles. The summed E-state index contributed by atoms with van der Waals surface area (Å²) in [6.45, 7) is 2.59. The molecule has 3 aromatic rings. The van der Waals surface area contributed by atoms with Gasteiger partial charge in [-0.3, -0.25) is 14.7 Å². The van der Waals surface area contributed by atoms with Gasteiger partial charge < -0.3 is 9.47 Å². The first kappa shape index (κ1) is 22.7. The first-order valence-electron chi connectivity index (χ1n) is 9.56. The number of hydrogen-bond acceptors (Lipinski definition) is 6. The van der Waals surface area contributed by atoms with Crippen LogP contribution in [0.4, 0.5) is 5.95 Å². The predicted octanol–water partition coefficient (Wildman–Crippen LogP) is 4.91. The molecule has 3 rings (SSSR count). The van der Waals surface area contributed by atoms with Crippen LogP contribution in [0.15, 0.2) is 53.7 Å². The Balaban J connectivity index is 1.66. The van der Waals surface area contributed by atoms with Crippen LogP contribution in [0.3, 0.4) is 0 Å². The minimum absolute atomic E-state index is 0.306. The van der Waals surface area contributed by atoms with Crippen LogP contribution in [0.5, 0.6) is 11.5 Å². The Morgan fingerprint density at radius 1 is 1.16 bits per heavy atom. The van der Waals surface area contributed by atoms with Gasteiger partial charge in [0.15, 0.2) is 16.7 Å². The second kappa shape index (κ2) is 10.9. The summed E-state index contributed by atoms with van der Waals surface area (Å²) in [6, 6.07) is 13.1. The third-order valence-corrected chi connectivity index (χ3v) is 5.80. The molecule has 2 aromatic carbocycles. The van der Waals surface area contributed by atoms with Gasteiger partial charge in [0.1, 0.15) is 0 Å². The summed E-state index contributed by atoms with van der Waals surface area (Å²) >= 11 is 7.74. The summed E-state index contributed by atoms with van der Waals surface area (Å²) in [4.78, 5) is 12.4. The van der Waals surface area contributed by atoms with E-state index in [0.29, 0.717) is 39.9 Å². The summed E-state index contributed by atoms with van der Waals surface area (Å²) in [5.41, 5.74) is 1.82. The quantitative estimate of drug-likeness (QED) is 0.362. The van der Waals surface area contributed by atoms with Gasteiger partial charge in [0.05, 0.1) is 14.2 Å². The Bertz CT molecular complexity index is 1080. The van der Waals surface area contributed by atoms with Crippen molar-refractivity contribution >= 4 is 41.3 Å². The van der Waals surface area contributed by atoms with Crippen molar-refractivity contribution in [3.63, 3.8) is 0 Å². The van der Waals surface area contributed by atoms with Crippen LogP contribution in [-0.2, 0) is 17.1 Å². The van der Waals surface area contributed by atoms with Crippen molar-refractivity contribution < 1.29 is 14.3 Å². The van der Waals surface area contributed by atoms with Crippen LogP contribution < -0.4 is 14.8 Å².